The van der Waals surface area contributed by atoms with Gasteiger partial charge in [-0.15, -0.1) is 5.10 Å². The molecule has 1 heterocycles. The number of amides is 1. The summed E-state index contributed by atoms with van der Waals surface area (Å²) in [5.74, 6) is -0.0152. The van der Waals surface area contributed by atoms with Gasteiger partial charge in [-0.3, -0.25) is 9.48 Å². The average molecular weight is 324 g/mol. The van der Waals surface area contributed by atoms with Crippen molar-refractivity contribution in [1.82, 2.24) is 15.1 Å². The van der Waals surface area contributed by atoms with E-state index in [4.69, 9.17) is 16.3 Å². The first-order valence-electron chi connectivity index (χ1n) is 6.80. The van der Waals surface area contributed by atoms with Crippen LogP contribution in [0.1, 0.15) is 28.4 Å². The predicted molar refractivity (Wildman–Crippen MR) is 83.1 cm³/mol. The van der Waals surface area contributed by atoms with Gasteiger partial charge in [-0.25, -0.2) is 0 Å². The van der Waals surface area contributed by atoms with Gasteiger partial charge in [0.1, 0.15) is 5.56 Å². The number of nitrogens with one attached hydrogen (secondary N) is 1. The van der Waals surface area contributed by atoms with E-state index < -0.39 is 6.10 Å². The summed E-state index contributed by atoms with van der Waals surface area (Å²) in [6.45, 7) is 0.324. The Morgan fingerprint density at radius 3 is 3.00 bits per heavy atom. The quantitative estimate of drug-likeness (QED) is 0.851. The fraction of sp³-hybridized carbons (Fsp3) is 0.333. The van der Waals surface area contributed by atoms with Gasteiger partial charge in [0.15, 0.2) is 0 Å². The van der Waals surface area contributed by atoms with Gasteiger partial charge in [0.25, 0.3) is 5.91 Å². The number of aliphatic hydroxyl groups excluding tert-OH is 1. The number of aromatic nitrogens is 2. The van der Waals surface area contributed by atoms with E-state index in [0.29, 0.717) is 23.6 Å². The first-order valence-corrected chi connectivity index (χ1v) is 7.18. The van der Waals surface area contributed by atoms with Crippen LogP contribution in [0.25, 0.3) is 0 Å². The van der Waals surface area contributed by atoms with Gasteiger partial charge in [0.05, 0.1) is 13.2 Å². The molecule has 7 heteroatoms. The van der Waals surface area contributed by atoms with Crippen molar-refractivity contribution < 1.29 is 14.6 Å². The minimum absolute atomic E-state index is 0.274. The molecule has 0 radical (unpaired) electrons. The fourth-order valence-electron chi connectivity index (χ4n) is 2.07. The topological polar surface area (TPSA) is 76.4 Å². The summed E-state index contributed by atoms with van der Waals surface area (Å²) in [6, 6.07) is 7.02. The third kappa shape index (κ3) is 3.99. The summed E-state index contributed by atoms with van der Waals surface area (Å²) in [7, 11) is 3.17. The third-order valence-corrected chi connectivity index (χ3v) is 3.40. The van der Waals surface area contributed by atoms with E-state index in [9.17, 15) is 9.90 Å². The smallest absolute Gasteiger partial charge is 0.258 e. The lowest BCUT2D eigenvalue weighted by Gasteiger charge is -2.12. The molecule has 0 unspecified atom stereocenters. The van der Waals surface area contributed by atoms with Crippen LogP contribution in [0.3, 0.4) is 0 Å². The van der Waals surface area contributed by atoms with Crippen molar-refractivity contribution in [3.63, 3.8) is 0 Å². The highest BCUT2D eigenvalue weighted by atomic mass is 35.5. The molecule has 0 fully saturated rings. The molecule has 2 aromatic rings. The first kappa shape index (κ1) is 16.3. The molecule has 0 aliphatic rings. The molecule has 0 aliphatic carbocycles. The van der Waals surface area contributed by atoms with E-state index in [0.717, 1.165) is 5.56 Å². The standard InChI is InChI=1S/C15H18ClN3O3/c1-19-9-12(15(18-19)22-2)14(21)17-7-6-13(20)10-4-3-5-11(16)8-10/h3-5,8-9,13,20H,6-7H2,1-2H3,(H,17,21)/t13-/m1/s1. The molecule has 2 N–H and O–H groups in total. The molecular formula is C15H18ClN3O3. The number of methoxy groups -OCH3 is 1. The van der Waals surface area contributed by atoms with Crippen LogP contribution in [0.5, 0.6) is 5.88 Å². The molecule has 0 saturated heterocycles. The number of halogens is 1. The highest BCUT2D eigenvalue weighted by Gasteiger charge is 2.16. The lowest BCUT2D eigenvalue weighted by Crippen LogP contribution is -2.25. The minimum Gasteiger partial charge on any atom is -0.479 e. The fourth-order valence-corrected chi connectivity index (χ4v) is 2.27. The Balaban J connectivity index is 1.89. The summed E-state index contributed by atoms with van der Waals surface area (Å²) < 4.78 is 6.55. The van der Waals surface area contributed by atoms with E-state index in [-0.39, 0.29) is 11.8 Å². The van der Waals surface area contributed by atoms with Crippen LogP contribution < -0.4 is 10.1 Å². The predicted octanol–water partition coefficient (Wildman–Crippen LogP) is 1.94. The molecule has 22 heavy (non-hydrogen) atoms. The van der Waals surface area contributed by atoms with Crippen molar-refractivity contribution in [2.45, 2.75) is 12.5 Å². The Morgan fingerprint density at radius 1 is 1.55 bits per heavy atom. The maximum atomic E-state index is 12.1. The molecule has 1 aromatic heterocycles. The molecule has 0 aliphatic heterocycles. The van der Waals surface area contributed by atoms with Crippen molar-refractivity contribution in [2.24, 2.45) is 7.05 Å². The van der Waals surface area contributed by atoms with Crippen molar-refractivity contribution in [1.29, 1.82) is 0 Å². The summed E-state index contributed by atoms with van der Waals surface area (Å²) in [6.07, 6.45) is 1.28. The normalized spacial score (nSPS) is 12.0. The van der Waals surface area contributed by atoms with Crippen molar-refractivity contribution in [3.8, 4) is 5.88 Å². The minimum atomic E-state index is -0.685. The summed E-state index contributed by atoms with van der Waals surface area (Å²) in [5, 5.41) is 17.4. The van der Waals surface area contributed by atoms with Gasteiger partial charge in [-0.1, -0.05) is 23.7 Å². The van der Waals surface area contributed by atoms with Crippen molar-refractivity contribution in [3.05, 3.63) is 46.6 Å². The Hall–Kier alpha value is -2.05. The lowest BCUT2D eigenvalue weighted by atomic mass is 10.1. The van der Waals surface area contributed by atoms with Crippen LogP contribution in [-0.4, -0.2) is 34.4 Å². The second kappa shape index (κ2) is 7.29. The molecule has 0 bridgehead atoms. The Morgan fingerprint density at radius 2 is 2.32 bits per heavy atom. The SMILES string of the molecule is COc1nn(C)cc1C(=O)NCC[C@@H](O)c1cccc(Cl)c1. The third-order valence-electron chi connectivity index (χ3n) is 3.17. The highest BCUT2D eigenvalue weighted by molar-refractivity contribution is 6.30. The molecule has 1 aromatic carbocycles. The zero-order valence-electron chi connectivity index (χ0n) is 12.4. The summed E-state index contributed by atoms with van der Waals surface area (Å²) in [5.41, 5.74) is 1.09. The van der Waals surface area contributed by atoms with E-state index in [1.54, 1.807) is 37.5 Å². The number of ether oxygens (including phenoxy) is 1. The largest absolute Gasteiger partial charge is 0.479 e. The number of aryl methyl sites for hydroxylation is 1. The molecule has 2 rings (SSSR count). The van der Waals surface area contributed by atoms with E-state index in [2.05, 4.69) is 10.4 Å². The summed E-state index contributed by atoms with van der Waals surface area (Å²) in [4.78, 5) is 12.1. The molecule has 118 valence electrons. The van der Waals surface area contributed by atoms with E-state index >= 15 is 0 Å². The second-order valence-electron chi connectivity index (χ2n) is 4.84. The highest BCUT2D eigenvalue weighted by Crippen LogP contribution is 2.20. The Bertz CT molecular complexity index is 657. The zero-order valence-corrected chi connectivity index (χ0v) is 13.2. The van der Waals surface area contributed by atoms with Gasteiger partial charge in [0, 0.05) is 24.8 Å². The van der Waals surface area contributed by atoms with E-state index in [1.807, 2.05) is 0 Å². The molecule has 6 nitrogen and oxygen atoms in total. The van der Waals surface area contributed by atoms with Crippen LogP contribution in [0.2, 0.25) is 5.02 Å². The molecule has 1 atom stereocenters. The van der Waals surface area contributed by atoms with Crippen LogP contribution >= 0.6 is 11.6 Å². The Kier molecular flexibility index (Phi) is 5.41. The van der Waals surface area contributed by atoms with Crippen LogP contribution in [0.4, 0.5) is 0 Å². The van der Waals surface area contributed by atoms with Crippen LogP contribution in [-0.2, 0) is 7.05 Å². The maximum absolute atomic E-state index is 12.1. The molecular weight excluding hydrogens is 306 g/mol. The summed E-state index contributed by atoms with van der Waals surface area (Å²) >= 11 is 5.89. The first-order chi connectivity index (χ1) is 10.5. The molecule has 1 amide bonds. The number of carbonyl (C=O) groups is 1. The number of hydrogen-bond acceptors (Lipinski definition) is 4. The van der Waals surface area contributed by atoms with Gasteiger partial charge >= 0.3 is 0 Å². The van der Waals surface area contributed by atoms with Gasteiger partial charge in [-0.2, -0.15) is 0 Å². The molecule has 0 spiro atoms. The molecule has 0 saturated carbocycles. The van der Waals surface area contributed by atoms with Gasteiger partial charge in [-0.05, 0) is 24.1 Å². The monoisotopic (exact) mass is 323 g/mol. The number of hydrogen-bond donors (Lipinski definition) is 2. The van der Waals surface area contributed by atoms with E-state index in [1.165, 1.54) is 11.8 Å². The number of carbonyl (C=O) groups excluding carboxylic acids is 1. The second-order valence-corrected chi connectivity index (χ2v) is 5.28. The van der Waals surface area contributed by atoms with Crippen LogP contribution in [0.15, 0.2) is 30.5 Å². The van der Waals surface area contributed by atoms with Crippen LogP contribution in [0, 0.1) is 0 Å². The van der Waals surface area contributed by atoms with Gasteiger partial charge < -0.3 is 15.2 Å². The average Bonchev–Trinajstić information content (AvgIpc) is 2.88. The number of benzene rings is 1. The van der Waals surface area contributed by atoms with Crippen molar-refractivity contribution >= 4 is 17.5 Å². The number of nitrogens with zero attached hydrogens (tertiary/aromatic N) is 2. The number of rotatable bonds is 6. The number of aliphatic hydroxyl groups is 1. The lowest BCUT2D eigenvalue weighted by molar-refractivity contribution is 0.0939. The maximum Gasteiger partial charge on any atom is 0.258 e. The van der Waals surface area contributed by atoms with Gasteiger partial charge in [0.2, 0.25) is 5.88 Å². The zero-order chi connectivity index (χ0) is 16.1. The Labute approximate surface area is 133 Å². The van der Waals surface area contributed by atoms with Crippen molar-refractivity contribution in [2.75, 3.05) is 13.7 Å².